The number of hydrogen-bond donors (Lipinski definition) is 4. The summed E-state index contributed by atoms with van der Waals surface area (Å²) in [6.07, 6.45) is 0.450. The first kappa shape index (κ1) is 19.6. The van der Waals surface area contributed by atoms with Crippen LogP contribution in [-0.4, -0.2) is 23.6 Å². The number of carbonyl (C=O) groups is 4. The Morgan fingerprint density at radius 3 is 1.41 bits per heavy atom. The van der Waals surface area contributed by atoms with E-state index in [9.17, 15) is 19.2 Å². The number of nitrogens with one attached hydrogen (secondary N) is 2. The number of rotatable bonds is 8. The molecule has 4 amide bonds. The highest BCUT2D eigenvalue weighted by Gasteiger charge is 2.12. The average Bonchev–Trinajstić information content (AvgIpc) is 2.62. The number of hydrogen-bond acceptors (Lipinski definition) is 4. The van der Waals surface area contributed by atoms with Gasteiger partial charge in [0.2, 0.25) is 11.8 Å². The summed E-state index contributed by atoms with van der Waals surface area (Å²) < 4.78 is 0. The fourth-order valence-corrected chi connectivity index (χ4v) is 2.45. The van der Waals surface area contributed by atoms with E-state index in [0.717, 1.165) is 0 Å². The third-order valence-corrected chi connectivity index (χ3v) is 3.74. The van der Waals surface area contributed by atoms with Gasteiger partial charge < -0.3 is 22.1 Å². The molecule has 0 spiro atoms. The van der Waals surface area contributed by atoms with E-state index in [4.69, 9.17) is 11.5 Å². The van der Waals surface area contributed by atoms with Crippen LogP contribution in [0.15, 0.2) is 48.5 Å². The molecule has 0 fully saturated rings. The maximum absolute atomic E-state index is 12.0. The van der Waals surface area contributed by atoms with Gasteiger partial charge in [0.25, 0.3) is 11.8 Å². The van der Waals surface area contributed by atoms with Crippen LogP contribution in [-0.2, 0) is 9.59 Å². The van der Waals surface area contributed by atoms with E-state index in [1.165, 1.54) is 12.1 Å². The number of nitrogens with two attached hydrogens (primary N) is 2. The van der Waals surface area contributed by atoms with Crippen molar-refractivity contribution in [1.29, 1.82) is 0 Å². The summed E-state index contributed by atoms with van der Waals surface area (Å²) in [4.78, 5) is 46.7. The maximum Gasteiger partial charge on any atom is 0.250 e. The predicted molar refractivity (Wildman–Crippen MR) is 101 cm³/mol. The number of benzene rings is 2. The Kier molecular flexibility index (Phi) is 6.65. The molecule has 8 nitrogen and oxygen atoms in total. The first-order valence-corrected chi connectivity index (χ1v) is 8.26. The lowest BCUT2D eigenvalue weighted by atomic mass is 10.1. The highest BCUT2D eigenvalue weighted by molar-refractivity contribution is 6.04. The van der Waals surface area contributed by atoms with E-state index in [0.29, 0.717) is 11.4 Å². The minimum atomic E-state index is -0.640. The summed E-state index contributed by atoms with van der Waals surface area (Å²) in [5.41, 5.74) is 11.6. The van der Waals surface area contributed by atoms with E-state index in [1.807, 2.05) is 0 Å². The van der Waals surface area contributed by atoms with E-state index in [-0.39, 0.29) is 42.2 Å². The molecule has 27 heavy (non-hydrogen) atoms. The standard InChI is InChI=1S/C19H20N4O4/c20-18(26)12-6-1-3-8-14(12)22-16(24)10-5-11-17(25)23-15-9-4-2-7-13(15)19(21)27/h1-4,6-9H,5,10-11H2,(H2,20,26)(H2,21,27)(H,22,24)(H,23,25). The van der Waals surface area contributed by atoms with E-state index in [1.54, 1.807) is 36.4 Å². The Morgan fingerprint density at radius 1 is 0.667 bits per heavy atom. The molecule has 2 aromatic rings. The molecule has 140 valence electrons. The molecule has 2 rings (SSSR count). The zero-order valence-electron chi connectivity index (χ0n) is 14.5. The first-order valence-electron chi connectivity index (χ1n) is 8.26. The van der Waals surface area contributed by atoms with Crippen molar-refractivity contribution in [3.8, 4) is 0 Å². The van der Waals surface area contributed by atoms with Crippen LogP contribution in [0.25, 0.3) is 0 Å². The van der Waals surface area contributed by atoms with Crippen LogP contribution in [0.1, 0.15) is 40.0 Å². The topological polar surface area (TPSA) is 144 Å². The lowest BCUT2D eigenvalue weighted by Gasteiger charge is -2.10. The smallest absolute Gasteiger partial charge is 0.250 e. The average molecular weight is 368 g/mol. The molecular formula is C19H20N4O4. The fraction of sp³-hybridized carbons (Fsp3) is 0.158. The van der Waals surface area contributed by atoms with Crippen molar-refractivity contribution in [2.75, 3.05) is 10.6 Å². The molecule has 0 radical (unpaired) electrons. The Hall–Kier alpha value is -3.68. The van der Waals surface area contributed by atoms with Crippen LogP contribution in [0.5, 0.6) is 0 Å². The van der Waals surface area contributed by atoms with Gasteiger partial charge in [-0.3, -0.25) is 19.2 Å². The second kappa shape index (κ2) is 9.14. The number of para-hydroxylation sites is 2. The quantitative estimate of drug-likeness (QED) is 0.561. The summed E-state index contributed by atoms with van der Waals surface area (Å²) in [7, 11) is 0. The van der Waals surface area contributed by atoms with Crippen molar-refractivity contribution in [2.45, 2.75) is 19.3 Å². The van der Waals surface area contributed by atoms with Gasteiger partial charge in [0.15, 0.2) is 0 Å². The van der Waals surface area contributed by atoms with Crippen molar-refractivity contribution in [3.05, 3.63) is 59.7 Å². The van der Waals surface area contributed by atoms with Gasteiger partial charge in [-0.25, -0.2) is 0 Å². The maximum atomic E-state index is 12.0. The summed E-state index contributed by atoms with van der Waals surface area (Å²) in [5, 5.41) is 5.21. The van der Waals surface area contributed by atoms with Crippen LogP contribution in [0.2, 0.25) is 0 Å². The largest absolute Gasteiger partial charge is 0.366 e. The van der Waals surface area contributed by atoms with Gasteiger partial charge in [0.05, 0.1) is 22.5 Å². The summed E-state index contributed by atoms with van der Waals surface area (Å²) in [6.45, 7) is 0. The van der Waals surface area contributed by atoms with E-state index in [2.05, 4.69) is 10.6 Å². The normalized spacial score (nSPS) is 10.1. The molecule has 0 aromatic heterocycles. The molecule has 6 N–H and O–H groups in total. The lowest BCUT2D eigenvalue weighted by Crippen LogP contribution is -2.19. The van der Waals surface area contributed by atoms with Crippen LogP contribution in [0, 0.1) is 0 Å². The van der Waals surface area contributed by atoms with Crippen molar-refractivity contribution < 1.29 is 19.2 Å². The third kappa shape index (κ3) is 5.67. The van der Waals surface area contributed by atoms with Gasteiger partial charge in [-0.1, -0.05) is 24.3 Å². The minimum Gasteiger partial charge on any atom is -0.366 e. The molecule has 0 saturated heterocycles. The van der Waals surface area contributed by atoms with Crippen molar-refractivity contribution in [3.63, 3.8) is 0 Å². The molecule has 0 aliphatic heterocycles. The first-order chi connectivity index (χ1) is 12.9. The Morgan fingerprint density at radius 2 is 1.04 bits per heavy atom. The number of amides is 4. The van der Waals surface area contributed by atoms with Gasteiger partial charge in [-0.2, -0.15) is 0 Å². The van der Waals surface area contributed by atoms with Crippen LogP contribution >= 0.6 is 0 Å². The lowest BCUT2D eigenvalue weighted by molar-refractivity contribution is -0.117. The summed E-state index contributed by atoms with van der Waals surface area (Å²) >= 11 is 0. The Bertz CT molecular complexity index is 808. The van der Waals surface area contributed by atoms with Gasteiger partial charge in [-0.15, -0.1) is 0 Å². The Balaban J connectivity index is 1.84. The van der Waals surface area contributed by atoms with Gasteiger partial charge >= 0.3 is 0 Å². The second-order valence-corrected chi connectivity index (χ2v) is 5.77. The van der Waals surface area contributed by atoms with Gasteiger partial charge in [0.1, 0.15) is 0 Å². The molecule has 0 aliphatic carbocycles. The SMILES string of the molecule is NC(=O)c1ccccc1NC(=O)CCCC(=O)Nc1ccccc1C(N)=O. The second-order valence-electron chi connectivity index (χ2n) is 5.77. The van der Waals surface area contributed by atoms with E-state index < -0.39 is 11.8 Å². The van der Waals surface area contributed by atoms with Crippen LogP contribution < -0.4 is 22.1 Å². The molecule has 0 saturated carbocycles. The Labute approximate surface area is 155 Å². The van der Waals surface area contributed by atoms with Crippen molar-refractivity contribution >= 4 is 35.0 Å². The molecule has 2 aromatic carbocycles. The molecule has 0 heterocycles. The van der Waals surface area contributed by atoms with Crippen LogP contribution in [0.4, 0.5) is 11.4 Å². The number of primary amides is 2. The fourth-order valence-electron chi connectivity index (χ4n) is 2.45. The van der Waals surface area contributed by atoms with Crippen molar-refractivity contribution in [1.82, 2.24) is 0 Å². The number of anilines is 2. The zero-order valence-corrected chi connectivity index (χ0v) is 14.5. The molecule has 0 unspecified atom stereocenters. The molecule has 0 atom stereocenters. The summed E-state index contributed by atoms with van der Waals surface area (Å²) in [5.74, 6) is -1.96. The molecule has 0 bridgehead atoms. The zero-order chi connectivity index (χ0) is 19.8. The van der Waals surface area contributed by atoms with Gasteiger partial charge in [-0.05, 0) is 30.7 Å². The monoisotopic (exact) mass is 368 g/mol. The van der Waals surface area contributed by atoms with E-state index >= 15 is 0 Å². The third-order valence-electron chi connectivity index (χ3n) is 3.74. The van der Waals surface area contributed by atoms with Crippen LogP contribution in [0.3, 0.4) is 0 Å². The summed E-state index contributed by atoms with van der Waals surface area (Å²) in [6, 6.07) is 12.8. The highest BCUT2D eigenvalue weighted by Crippen LogP contribution is 2.16. The minimum absolute atomic E-state index is 0.0813. The molecule has 8 heteroatoms. The molecular weight excluding hydrogens is 348 g/mol. The number of carbonyl (C=O) groups excluding carboxylic acids is 4. The van der Waals surface area contributed by atoms with Crippen molar-refractivity contribution in [2.24, 2.45) is 11.5 Å². The highest BCUT2D eigenvalue weighted by atomic mass is 16.2. The van der Waals surface area contributed by atoms with Gasteiger partial charge in [0, 0.05) is 12.8 Å². The molecule has 0 aliphatic rings. The predicted octanol–water partition coefficient (Wildman–Crippen LogP) is 1.63.